The highest BCUT2D eigenvalue weighted by molar-refractivity contribution is 5.79. The normalized spacial score (nSPS) is 15.5. The molecule has 1 aliphatic rings. The van der Waals surface area contributed by atoms with Crippen LogP contribution in [-0.2, 0) is 11.2 Å². The van der Waals surface area contributed by atoms with Gasteiger partial charge in [-0.2, -0.15) is 0 Å². The summed E-state index contributed by atoms with van der Waals surface area (Å²) in [6.45, 7) is 1.24. The SMILES string of the molecule is O=C(Cc1ccc(F)cc1)N1CCC(n2c(=O)[nH]c3ccccc32)CC1. The molecular weight excluding hydrogens is 333 g/mol. The molecule has 2 aromatic carbocycles. The Labute approximate surface area is 150 Å². The lowest BCUT2D eigenvalue weighted by molar-refractivity contribution is -0.131. The molecule has 0 radical (unpaired) electrons. The lowest BCUT2D eigenvalue weighted by atomic mass is 10.0. The maximum Gasteiger partial charge on any atom is 0.326 e. The third kappa shape index (κ3) is 3.14. The van der Waals surface area contributed by atoms with Crippen LogP contribution in [0.4, 0.5) is 4.39 Å². The van der Waals surface area contributed by atoms with Crippen molar-refractivity contribution in [2.75, 3.05) is 13.1 Å². The molecule has 1 fully saturated rings. The number of carbonyl (C=O) groups is 1. The van der Waals surface area contributed by atoms with Crippen LogP contribution in [0, 0.1) is 5.82 Å². The Kier molecular flexibility index (Phi) is 4.32. The number of nitrogens with zero attached hydrogens (tertiary/aromatic N) is 2. The van der Waals surface area contributed by atoms with Gasteiger partial charge in [0.1, 0.15) is 5.82 Å². The van der Waals surface area contributed by atoms with E-state index in [0.717, 1.165) is 29.4 Å². The second-order valence-electron chi connectivity index (χ2n) is 6.73. The molecule has 0 atom stereocenters. The van der Waals surface area contributed by atoms with Crippen molar-refractivity contribution in [2.24, 2.45) is 0 Å². The molecule has 4 rings (SSSR count). The van der Waals surface area contributed by atoms with Gasteiger partial charge in [-0.1, -0.05) is 24.3 Å². The molecule has 1 saturated heterocycles. The number of nitrogens with one attached hydrogen (secondary N) is 1. The first kappa shape index (κ1) is 16.6. The van der Waals surface area contributed by atoms with Crippen LogP contribution in [-0.4, -0.2) is 33.4 Å². The molecule has 1 N–H and O–H groups in total. The minimum atomic E-state index is -0.300. The quantitative estimate of drug-likeness (QED) is 0.787. The second-order valence-corrected chi connectivity index (χ2v) is 6.73. The Hall–Kier alpha value is -2.89. The van der Waals surface area contributed by atoms with Crippen LogP contribution < -0.4 is 5.69 Å². The monoisotopic (exact) mass is 353 g/mol. The lowest BCUT2D eigenvalue weighted by Gasteiger charge is -2.32. The van der Waals surface area contributed by atoms with Gasteiger partial charge in [-0.3, -0.25) is 9.36 Å². The van der Waals surface area contributed by atoms with Crippen LogP contribution in [0.1, 0.15) is 24.4 Å². The lowest BCUT2D eigenvalue weighted by Crippen LogP contribution is -2.41. The van der Waals surface area contributed by atoms with E-state index in [1.54, 1.807) is 12.1 Å². The van der Waals surface area contributed by atoms with E-state index in [4.69, 9.17) is 0 Å². The van der Waals surface area contributed by atoms with Gasteiger partial charge >= 0.3 is 5.69 Å². The van der Waals surface area contributed by atoms with Crippen LogP contribution in [0.3, 0.4) is 0 Å². The molecule has 26 heavy (non-hydrogen) atoms. The number of likely N-dealkylation sites (tertiary alicyclic amines) is 1. The van der Waals surface area contributed by atoms with Crippen molar-refractivity contribution in [3.05, 3.63) is 70.4 Å². The molecule has 1 aromatic heterocycles. The minimum Gasteiger partial charge on any atom is -0.342 e. The van der Waals surface area contributed by atoms with Crippen LogP contribution in [0.25, 0.3) is 11.0 Å². The molecule has 1 aliphatic heterocycles. The van der Waals surface area contributed by atoms with Crippen LogP contribution in [0.5, 0.6) is 0 Å². The van der Waals surface area contributed by atoms with E-state index in [0.29, 0.717) is 13.1 Å². The number of benzene rings is 2. The number of aromatic amines is 1. The number of aromatic nitrogens is 2. The number of para-hydroxylation sites is 2. The summed E-state index contributed by atoms with van der Waals surface area (Å²) >= 11 is 0. The van der Waals surface area contributed by atoms with E-state index in [1.807, 2.05) is 33.7 Å². The van der Waals surface area contributed by atoms with Crippen molar-refractivity contribution in [1.82, 2.24) is 14.5 Å². The van der Waals surface area contributed by atoms with Crippen molar-refractivity contribution in [3.8, 4) is 0 Å². The number of amides is 1. The molecule has 0 unspecified atom stereocenters. The summed E-state index contributed by atoms with van der Waals surface area (Å²) < 4.78 is 14.8. The third-order valence-corrected chi connectivity index (χ3v) is 5.07. The van der Waals surface area contributed by atoms with E-state index in [1.165, 1.54) is 12.1 Å². The molecule has 134 valence electrons. The number of hydrogen-bond donors (Lipinski definition) is 1. The van der Waals surface area contributed by atoms with E-state index in [9.17, 15) is 14.0 Å². The van der Waals surface area contributed by atoms with E-state index >= 15 is 0 Å². The van der Waals surface area contributed by atoms with Crippen molar-refractivity contribution in [2.45, 2.75) is 25.3 Å². The van der Waals surface area contributed by atoms with Gasteiger partial charge in [0.05, 0.1) is 17.5 Å². The number of hydrogen-bond acceptors (Lipinski definition) is 2. The Bertz CT molecular complexity index is 982. The van der Waals surface area contributed by atoms with Gasteiger partial charge in [0.25, 0.3) is 0 Å². The zero-order chi connectivity index (χ0) is 18.1. The molecular formula is C20H20FN3O2. The first-order valence-electron chi connectivity index (χ1n) is 8.83. The predicted molar refractivity (Wildman–Crippen MR) is 97.5 cm³/mol. The van der Waals surface area contributed by atoms with Gasteiger partial charge in [-0.05, 0) is 42.7 Å². The summed E-state index contributed by atoms with van der Waals surface area (Å²) in [5, 5.41) is 0. The zero-order valence-electron chi connectivity index (χ0n) is 14.3. The maximum atomic E-state index is 13.0. The van der Waals surface area contributed by atoms with E-state index < -0.39 is 0 Å². The highest BCUT2D eigenvalue weighted by Gasteiger charge is 2.26. The standard InChI is InChI=1S/C20H20FN3O2/c21-15-7-5-14(6-8-15)13-19(25)23-11-9-16(10-12-23)24-18-4-2-1-3-17(18)22-20(24)26/h1-8,16H,9-13H2,(H,22,26). The average molecular weight is 353 g/mol. The second kappa shape index (κ2) is 6.78. The predicted octanol–water partition coefficient (Wildman–Crippen LogP) is 2.87. The summed E-state index contributed by atoms with van der Waals surface area (Å²) in [5.74, 6) is -0.257. The Morgan fingerprint density at radius 1 is 1.08 bits per heavy atom. The van der Waals surface area contributed by atoms with Crippen molar-refractivity contribution in [1.29, 1.82) is 0 Å². The maximum absolute atomic E-state index is 13.0. The summed E-state index contributed by atoms with van der Waals surface area (Å²) in [7, 11) is 0. The summed E-state index contributed by atoms with van der Waals surface area (Å²) in [4.78, 5) is 29.5. The van der Waals surface area contributed by atoms with Gasteiger partial charge in [-0.25, -0.2) is 9.18 Å². The highest BCUT2D eigenvalue weighted by Crippen LogP contribution is 2.25. The molecule has 1 amide bonds. The van der Waals surface area contributed by atoms with Gasteiger partial charge in [0, 0.05) is 19.1 Å². The number of fused-ring (bicyclic) bond motifs is 1. The topological polar surface area (TPSA) is 58.1 Å². The Morgan fingerprint density at radius 3 is 2.50 bits per heavy atom. The van der Waals surface area contributed by atoms with Crippen molar-refractivity contribution in [3.63, 3.8) is 0 Å². The van der Waals surface area contributed by atoms with Crippen LogP contribution in [0.2, 0.25) is 0 Å². The fraction of sp³-hybridized carbons (Fsp3) is 0.300. The van der Waals surface area contributed by atoms with Crippen LogP contribution in [0.15, 0.2) is 53.3 Å². The van der Waals surface area contributed by atoms with Gasteiger partial charge in [-0.15, -0.1) is 0 Å². The first-order valence-corrected chi connectivity index (χ1v) is 8.83. The van der Waals surface area contributed by atoms with E-state index in [-0.39, 0.29) is 29.9 Å². The first-order chi connectivity index (χ1) is 12.6. The molecule has 2 heterocycles. The molecule has 0 saturated carbocycles. The Morgan fingerprint density at radius 2 is 1.77 bits per heavy atom. The molecule has 0 aliphatic carbocycles. The Balaban J connectivity index is 1.43. The largest absolute Gasteiger partial charge is 0.342 e. The number of rotatable bonds is 3. The van der Waals surface area contributed by atoms with Gasteiger partial charge in [0.2, 0.25) is 5.91 Å². The smallest absolute Gasteiger partial charge is 0.326 e. The average Bonchev–Trinajstić information content (AvgIpc) is 2.99. The molecule has 6 heteroatoms. The van der Waals surface area contributed by atoms with Gasteiger partial charge < -0.3 is 9.88 Å². The molecule has 0 spiro atoms. The van der Waals surface area contributed by atoms with E-state index in [2.05, 4.69) is 4.98 Å². The number of piperidine rings is 1. The zero-order valence-corrected chi connectivity index (χ0v) is 14.3. The molecule has 3 aromatic rings. The minimum absolute atomic E-state index is 0.0429. The number of H-pyrrole nitrogens is 1. The van der Waals surface area contributed by atoms with Crippen LogP contribution >= 0.6 is 0 Å². The molecule has 5 nitrogen and oxygen atoms in total. The third-order valence-electron chi connectivity index (χ3n) is 5.07. The fourth-order valence-corrected chi connectivity index (χ4v) is 3.70. The number of imidazole rings is 1. The molecule has 0 bridgehead atoms. The van der Waals surface area contributed by atoms with Gasteiger partial charge in [0.15, 0.2) is 0 Å². The number of halogens is 1. The fourth-order valence-electron chi connectivity index (χ4n) is 3.70. The summed E-state index contributed by atoms with van der Waals surface area (Å²) in [6, 6.07) is 13.8. The number of carbonyl (C=O) groups excluding carboxylic acids is 1. The highest BCUT2D eigenvalue weighted by atomic mass is 19.1. The summed E-state index contributed by atoms with van der Waals surface area (Å²) in [5.41, 5.74) is 2.47. The summed E-state index contributed by atoms with van der Waals surface area (Å²) in [6.07, 6.45) is 1.77. The van der Waals surface area contributed by atoms with Crippen molar-refractivity contribution >= 4 is 16.9 Å². The van der Waals surface area contributed by atoms with Crippen molar-refractivity contribution < 1.29 is 9.18 Å².